The second-order valence-corrected chi connectivity index (χ2v) is 7.90. The highest BCUT2D eigenvalue weighted by molar-refractivity contribution is 6.00. The highest BCUT2D eigenvalue weighted by atomic mass is 19.4. The quantitative estimate of drug-likeness (QED) is 0.728. The molecule has 0 saturated carbocycles. The largest absolute Gasteiger partial charge is 0.573 e. The molecular formula is C20H24F3N3O4. The van der Waals surface area contributed by atoms with Crippen LogP contribution in [0.5, 0.6) is 5.75 Å². The Labute approximate surface area is 172 Å². The van der Waals surface area contributed by atoms with E-state index in [1.165, 1.54) is 24.3 Å². The van der Waals surface area contributed by atoms with Gasteiger partial charge in [-0.2, -0.15) is 0 Å². The molecule has 3 aliphatic rings. The van der Waals surface area contributed by atoms with Crippen LogP contribution in [0.4, 0.5) is 23.7 Å². The fraction of sp³-hybridized carbons (Fsp3) is 0.600. The molecule has 10 heteroatoms. The molecule has 0 unspecified atom stereocenters. The van der Waals surface area contributed by atoms with Crippen LogP contribution in [-0.2, 0) is 9.53 Å². The normalized spacial score (nSPS) is 22.0. The average Bonchev–Trinajstić information content (AvgIpc) is 3.04. The summed E-state index contributed by atoms with van der Waals surface area (Å²) >= 11 is 0. The molecule has 164 valence electrons. The Morgan fingerprint density at radius 2 is 1.50 bits per heavy atom. The maximum Gasteiger partial charge on any atom is 0.573 e. The van der Waals surface area contributed by atoms with Gasteiger partial charge in [0, 0.05) is 38.4 Å². The third kappa shape index (κ3) is 4.19. The highest BCUT2D eigenvalue weighted by Crippen LogP contribution is 2.43. The van der Waals surface area contributed by atoms with Crippen molar-refractivity contribution in [3.05, 3.63) is 24.3 Å². The van der Waals surface area contributed by atoms with Crippen LogP contribution in [0.15, 0.2) is 24.3 Å². The number of hydrogen-bond acceptors (Lipinski definition) is 4. The van der Waals surface area contributed by atoms with Crippen LogP contribution >= 0.6 is 0 Å². The fourth-order valence-corrected chi connectivity index (χ4v) is 4.44. The number of morpholine rings is 1. The average molecular weight is 427 g/mol. The number of rotatable bonds is 2. The molecule has 0 radical (unpaired) electrons. The van der Waals surface area contributed by atoms with E-state index in [4.69, 9.17) is 4.74 Å². The van der Waals surface area contributed by atoms with Crippen molar-refractivity contribution in [1.29, 1.82) is 0 Å². The van der Waals surface area contributed by atoms with Crippen LogP contribution in [-0.4, -0.2) is 74.0 Å². The van der Waals surface area contributed by atoms with Crippen molar-refractivity contribution in [3.8, 4) is 5.75 Å². The lowest BCUT2D eigenvalue weighted by molar-refractivity contribution is -0.274. The third-order valence-corrected chi connectivity index (χ3v) is 6.17. The van der Waals surface area contributed by atoms with Gasteiger partial charge in [-0.05, 0) is 43.5 Å². The standard InChI is InChI=1S/C20H24F3N3O4/c21-20(22,23)30-16-3-1-15(2-4-16)26-10-7-19(17(26)27)5-8-24(9-6-19)18(28)25-11-13-29-14-12-25/h1-4H,5-14H2. The molecule has 3 amide bonds. The molecule has 1 aromatic carbocycles. The van der Waals surface area contributed by atoms with Crippen molar-refractivity contribution in [2.24, 2.45) is 5.41 Å². The van der Waals surface area contributed by atoms with Gasteiger partial charge in [0.05, 0.1) is 18.6 Å². The second kappa shape index (κ2) is 7.98. The van der Waals surface area contributed by atoms with Crippen LogP contribution in [0.3, 0.4) is 0 Å². The lowest BCUT2D eigenvalue weighted by Crippen LogP contribution is -2.53. The molecule has 0 aromatic heterocycles. The number of anilines is 1. The number of hydrogen-bond donors (Lipinski definition) is 0. The Kier molecular flexibility index (Phi) is 5.52. The SMILES string of the molecule is O=C(N1CCOCC1)N1CCC2(CC1)CCN(c1ccc(OC(F)(F)F)cc1)C2=O. The Balaban J connectivity index is 1.37. The highest BCUT2D eigenvalue weighted by Gasteiger charge is 2.49. The first-order valence-electron chi connectivity index (χ1n) is 10.1. The van der Waals surface area contributed by atoms with Crippen molar-refractivity contribution in [3.63, 3.8) is 0 Å². The molecule has 1 aromatic rings. The van der Waals surface area contributed by atoms with Gasteiger partial charge < -0.3 is 24.2 Å². The van der Waals surface area contributed by atoms with E-state index in [1.54, 1.807) is 14.7 Å². The number of nitrogens with zero attached hydrogens (tertiary/aromatic N) is 3. The number of carbonyl (C=O) groups is 2. The fourth-order valence-electron chi connectivity index (χ4n) is 4.44. The van der Waals surface area contributed by atoms with E-state index in [0.29, 0.717) is 70.9 Å². The van der Waals surface area contributed by atoms with Crippen LogP contribution in [0, 0.1) is 5.41 Å². The number of amides is 3. The van der Waals surface area contributed by atoms with Crippen LogP contribution in [0.2, 0.25) is 0 Å². The van der Waals surface area contributed by atoms with Crippen LogP contribution in [0.25, 0.3) is 0 Å². The molecule has 4 rings (SSSR count). The van der Waals surface area contributed by atoms with E-state index in [0.717, 1.165) is 0 Å². The third-order valence-electron chi connectivity index (χ3n) is 6.17. The Morgan fingerprint density at radius 1 is 0.933 bits per heavy atom. The Hall–Kier alpha value is -2.49. The van der Waals surface area contributed by atoms with Crippen LogP contribution < -0.4 is 9.64 Å². The van der Waals surface area contributed by atoms with E-state index in [-0.39, 0.29) is 17.7 Å². The number of benzene rings is 1. The minimum atomic E-state index is -4.75. The van der Waals surface area contributed by atoms with Crippen molar-refractivity contribution >= 4 is 17.6 Å². The zero-order valence-electron chi connectivity index (χ0n) is 16.5. The van der Waals surface area contributed by atoms with Crippen molar-refractivity contribution in [2.75, 3.05) is 50.8 Å². The number of piperidine rings is 1. The zero-order valence-corrected chi connectivity index (χ0v) is 16.5. The second-order valence-electron chi connectivity index (χ2n) is 7.90. The lowest BCUT2D eigenvalue weighted by Gasteiger charge is -2.40. The summed E-state index contributed by atoms with van der Waals surface area (Å²) in [6.45, 7) is 3.81. The summed E-state index contributed by atoms with van der Waals surface area (Å²) in [6.07, 6.45) is -2.89. The summed E-state index contributed by atoms with van der Waals surface area (Å²) in [7, 11) is 0. The summed E-state index contributed by atoms with van der Waals surface area (Å²) in [4.78, 5) is 31.0. The van der Waals surface area contributed by atoms with E-state index in [1.807, 2.05) is 0 Å². The Morgan fingerprint density at radius 3 is 2.10 bits per heavy atom. The first-order valence-corrected chi connectivity index (χ1v) is 10.1. The lowest BCUT2D eigenvalue weighted by atomic mass is 9.77. The van der Waals surface area contributed by atoms with Gasteiger partial charge in [-0.25, -0.2) is 4.79 Å². The Bertz CT molecular complexity index is 785. The number of halogens is 3. The van der Waals surface area contributed by atoms with Gasteiger partial charge in [-0.1, -0.05) is 0 Å². The summed E-state index contributed by atoms with van der Waals surface area (Å²) in [5.41, 5.74) is 0.0429. The van der Waals surface area contributed by atoms with Gasteiger partial charge in [0.1, 0.15) is 5.75 Å². The minimum Gasteiger partial charge on any atom is -0.406 e. The predicted molar refractivity (Wildman–Crippen MR) is 101 cm³/mol. The topological polar surface area (TPSA) is 62.3 Å². The van der Waals surface area contributed by atoms with E-state index >= 15 is 0 Å². The molecule has 3 aliphatic heterocycles. The van der Waals surface area contributed by atoms with Gasteiger partial charge in [0.2, 0.25) is 5.91 Å². The van der Waals surface area contributed by atoms with Crippen molar-refractivity contribution < 1.29 is 32.2 Å². The van der Waals surface area contributed by atoms with Crippen LogP contribution in [0.1, 0.15) is 19.3 Å². The summed E-state index contributed by atoms with van der Waals surface area (Å²) in [5.74, 6) is -0.340. The molecular weight excluding hydrogens is 403 g/mol. The molecule has 3 heterocycles. The summed E-state index contributed by atoms with van der Waals surface area (Å²) < 4.78 is 46.2. The smallest absolute Gasteiger partial charge is 0.406 e. The van der Waals surface area contributed by atoms with E-state index < -0.39 is 11.8 Å². The monoisotopic (exact) mass is 427 g/mol. The first-order chi connectivity index (χ1) is 14.3. The molecule has 1 spiro atoms. The van der Waals surface area contributed by atoms with Crippen molar-refractivity contribution in [1.82, 2.24) is 9.80 Å². The zero-order chi connectivity index (χ0) is 21.4. The van der Waals surface area contributed by atoms with Gasteiger partial charge in [-0.3, -0.25) is 4.79 Å². The molecule has 30 heavy (non-hydrogen) atoms. The predicted octanol–water partition coefficient (Wildman–Crippen LogP) is 2.86. The molecule has 0 N–H and O–H groups in total. The van der Waals surface area contributed by atoms with Crippen molar-refractivity contribution in [2.45, 2.75) is 25.6 Å². The maximum absolute atomic E-state index is 13.2. The molecule has 0 bridgehead atoms. The molecule has 0 atom stereocenters. The minimum absolute atomic E-state index is 0.00398. The summed E-state index contributed by atoms with van der Waals surface area (Å²) in [6, 6.07) is 5.36. The maximum atomic E-state index is 13.2. The van der Waals surface area contributed by atoms with Gasteiger partial charge in [0.15, 0.2) is 0 Å². The number of carbonyl (C=O) groups excluding carboxylic acids is 2. The number of likely N-dealkylation sites (tertiary alicyclic amines) is 1. The molecule has 3 fully saturated rings. The van der Waals surface area contributed by atoms with Gasteiger partial charge >= 0.3 is 12.4 Å². The van der Waals surface area contributed by atoms with E-state index in [2.05, 4.69) is 4.74 Å². The van der Waals surface area contributed by atoms with Gasteiger partial charge in [0.25, 0.3) is 0 Å². The molecule has 0 aliphatic carbocycles. The first kappa shape index (κ1) is 20.8. The van der Waals surface area contributed by atoms with Gasteiger partial charge in [-0.15, -0.1) is 13.2 Å². The number of urea groups is 1. The molecule has 3 saturated heterocycles. The number of ether oxygens (including phenoxy) is 2. The van der Waals surface area contributed by atoms with E-state index in [9.17, 15) is 22.8 Å². The molecule has 7 nitrogen and oxygen atoms in total. The summed E-state index contributed by atoms with van der Waals surface area (Å²) in [5, 5.41) is 0. The number of alkyl halides is 3.